The number of likely N-dealkylation sites (tertiary alicyclic amines) is 1. The summed E-state index contributed by atoms with van der Waals surface area (Å²) in [5, 5.41) is 2.92. The highest BCUT2D eigenvalue weighted by atomic mass is 16.5. The maximum Gasteiger partial charge on any atom is 0.227 e. The molecule has 142 valence electrons. The minimum atomic E-state index is 0.0216. The number of hydrogen-bond acceptors (Lipinski definition) is 5. The third-order valence-corrected chi connectivity index (χ3v) is 6.07. The summed E-state index contributed by atoms with van der Waals surface area (Å²) >= 11 is 0. The summed E-state index contributed by atoms with van der Waals surface area (Å²) in [6.07, 6.45) is 7.40. The van der Waals surface area contributed by atoms with Gasteiger partial charge in [-0.25, -0.2) is 0 Å². The highest BCUT2D eigenvalue weighted by Crippen LogP contribution is 2.36. The zero-order valence-electron chi connectivity index (χ0n) is 15.3. The average molecular weight is 359 g/mol. The predicted molar refractivity (Wildman–Crippen MR) is 98.8 cm³/mol. The van der Waals surface area contributed by atoms with Crippen LogP contribution in [0.2, 0.25) is 0 Å². The molecule has 4 rings (SSSR count). The van der Waals surface area contributed by atoms with Gasteiger partial charge in [-0.3, -0.25) is 9.78 Å². The van der Waals surface area contributed by atoms with Crippen molar-refractivity contribution < 1.29 is 14.3 Å². The number of nitrogens with zero attached hydrogens (tertiary/aromatic N) is 2. The highest BCUT2D eigenvalue weighted by molar-refractivity contribution is 5.90. The van der Waals surface area contributed by atoms with Crippen molar-refractivity contribution in [2.45, 2.75) is 31.8 Å². The Morgan fingerprint density at radius 1 is 1.31 bits per heavy atom. The quantitative estimate of drug-likeness (QED) is 0.873. The normalized spacial score (nSPS) is 30.1. The summed E-state index contributed by atoms with van der Waals surface area (Å²) in [7, 11) is 0. The Morgan fingerprint density at radius 3 is 3.00 bits per heavy atom. The van der Waals surface area contributed by atoms with Crippen LogP contribution in [0.4, 0.5) is 5.69 Å². The number of anilines is 1. The van der Waals surface area contributed by atoms with E-state index in [1.165, 1.54) is 19.4 Å². The number of rotatable bonds is 5. The van der Waals surface area contributed by atoms with Crippen molar-refractivity contribution in [1.29, 1.82) is 0 Å². The second kappa shape index (κ2) is 8.46. The summed E-state index contributed by atoms with van der Waals surface area (Å²) in [4.78, 5) is 19.0. The molecule has 3 saturated heterocycles. The fourth-order valence-corrected chi connectivity index (χ4v) is 4.66. The molecule has 1 N–H and O–H groups in total. The van der Waals surface area contributed by atoms with Gasteiger partial charge in [0, 0.05) is 38.4 Å². The summed E-state index contributed by atoms with van der Waals surface area (Å²) in [6, 6.07) is 3.68. The largest absolute Gasteiger partial charge is 0.381 e. The molecule has 0 aromatic carbocycles. The van der Waals surface area contributed by atoms with Gasteiger partial charge in [0.2, 0.25) is 5.91 Å². The van der Waals surface area contributed by atoms with Crippen molar-refractivity contribution in [2.75, 3.05) is 44.8 Å². The first-order valence-electron chi connectivity index (χ1n) is 9.89. The van der Waals surface area contributed by atoms with E-state index >= 15 is 0 Å². The van der Waals surface area contributed by atoms with E-state index in [0.29, 0.717) is 18.3 Å². The van der Waals surface area contributed by atoms with Crippen molar-refractivity contribution in [3.8, 4) is 0 Å². The molecule has 6 nitrogen and oxygen atoms in total. The van der Waals surface area contributed by atoms with E-state index < -0.39 is 0 Å². The van der Waals surface area contributed by atoms with Gasteiger partial charge in [-0.2, -0.15) is 0 Å². The predicted octanol–water partition coefficient (Wildman–Crippen LogP) is 2.17. The van der Waals surface area contributed by atoms with Crippen LogP contribution in [-0.2, 0) is 14.3 Å². The van der Waals surface area contributed by atoms with Crippen molar-refractivity contribution >= 4 is 11.6 Å². The SMILES string of the molecule is O=C(C[C@@H]1OC[C@H]2CN(CC3CCOCC3)CC[C@H]21)Nc1cccnc1. The average Bonchev–Trinajstić information content (AvgIpc) is 3.05. The Morgan fingerprint density at radius 2 is 2.19 bits per heavy atom. The molecule has 0 bridgehead atoms. The van der Waals surface area contributed by atoms with Crippen LogP contribution in [0.25, 0.3) is 0 Å². The highest BCUT2D eigenvalue weighted by Gasteiger charge is 2.41. The number of hydrogen-bond donors (Lipinski definition) is 1. The number of aromatic nitrogens is 1. The zero-order chi connectivity index (χ0) is 17.8. The number of amides is 1. The fourth-order valence-electron chi connectivity index (χ4n) is 4.66. The van der Waals surface area contributed by atoms with Crippen molar-refractivity contribution in [3.05, 3.63) is 24.5 Å². The number of fused-ring (bicyclic) bond motifs is 1. The molecule has 4 heterocycles. The molecule has 1 amide bonds. The Kier molecular flexibility index (Phi) is 5.82. The molecular formula is C20H29N3O3. The Labute approximate surface area is 155 Å². The summed E-state index contributed by atoms with van der Waals surface area (Å²) in [6.45, 7) is 6.06. The lowest BCUT2D eigenvalue weighted by molar-refractivity contribution is -0.118. The molecule has 6 heteroatoms. The van der Waals surface area contributed by atoms with Gasteiger partial charge in [0.15, 0.2) is 0 Å². The van der Waals surface area contributed by atoms with Crippen LogP contribution < -0.4 is 5.32 Å². The maximum absolute atomic E-state index is 12.3. The summed E-state index contributed by atoms with van der Waals surface area (Å²) in [5.41, 5.74) is 0.748. The summed E-state index contributed by atoms with van der Waals surface area (Å²) < 4.78 is 11.5. The number of ether oxygens (including phenoxy) is 2. The van der Waals surface area contributed by atoms with Gasteiger partial charge in [-0.15, -0.1) is 0 Å². The van der Waals surface area contributed by atoms with Crippen molar-refractivity contribution in [3.63, 3.8) is 0 Å². The van der Waals surface area contributed by atoms with Gasteiger partial charge in [0.25, 0.3) is 0 Å². The van der Waals surface area contributed by atoms with Gasteiger partial charge >= 0.3 is 0 Å². The van der Waals surface area contributed by atoms with Gasteiger partial charge in [-0.05, 0) is 49.8 Å². The molecular weight excluding hydrogens is 330 g/mol. The first-order chi connectivity index (χ1) is 12.8. The van der Waals surface area contributed by atoms with E-state index in [9.17, 15) is 4.79 Å². The third kappa shape index (κ3) is 4.42. The van der Waals surface area contributed by atoms with Gasteiger partial charge < -0.3 is 19.7 Å². The van der Waals surface area contributed by atoms with Crippen LogP contribution in [0.5, 0.6) is 0 Å². The lowest BCUT2D eigenvalue weighted by atomic mass is 9.82. The molecule has 3 aliphatic rings. The van der Waals surface area contributed by atoms with Crippen molar-refractivity contribution in [2.24, 2.45) is 17.8 Å². The fraction of sp³-hybridized carbons (Fsp3) is 0.700. The second-order valence-corrected chi connectivity index (χ2v) is 7.89. The Bertz CT molecular complexity index is 591. The molecule has 1 aromatic rings. The topological polar surface area (TPSA) is 63.7 Å². The van der Waals surface area contributed by atoms with Crippen LogP contribution >= 0.6 is 0 Å². The smallest absolute Gasteiger partial charge is 0.227 e. The number of nitrogens with one attached hydrogen (secondary N) is 1. The van der Waals surface area contributed by atoms with Gasteiger partial charge in [0.1, 0.15) is 0 Å². The minimum Gasteiger partial charge on any atom is -0.381 e. The van der Waals surface area contributed by atoms with Gasteiger partial charge in [0.05, 0.1) is 31.0 Å². The van der Waals surface area contributed by atoms with E-state index in [1.807, 2.05) is 12.1 Å². The minimum absolute atomic E-state index is 0.0216. The lowest BCUT2D eigenvalue weighted by Crippen LogP contribution is -2.44. The number of piperidine rings is 1. The molecule has 0 radical (unpaired) electrons. The standard InChI is InChI=1S/C20H29N3O3/c24-20(22-17-2-1-6-21-11-17)10-19-18-3-7-23(13-16(18)14-26-19)12-15-4-8-25-9-5-15/h1-2,6,11,15-16,18-19H,3-5,7-10,12-14H2,(H,22,24)/t16-,18-,19+/m1/s1. The molecule has 3 atom stereocenters. The molecule has 3 aliphatic heterocycles. The molecule has 0 unspecified atom stereocenters. The Hall–Kier alpha value is -1.50. The van der Waals surface area contributed by atoms with E-state index in [2.05, 4.69) is 15.2 Å². The van der Waals surface area contributed by atoms with E-state index in [-0.39, 0.29) is 12.0 Å². The molecule has 1 aromatic heterocycles. The van der Waals surface area contributed by atoms with Gasteiger partial charge in [-0.1, -0.05) is 0 Å². The van der Waals surface area contributed by atoms with E-state index in [1.54, 1.807) is 12.4 Å². The molecule has 0 aliphatic carbocycles. The first kappa shape index (κ1) is 17.9. The van der Waals surface area contributed by atoms with Crippen LogP contribution in [0, 0.1) is 17.8 Å². The van der Waals surface area contributed by atoms with E-state index in [0.717, 1.165) is 50.9 Å². The molecule has 0 saturated carbocycles. The monoisotopic (exact) mass is 359 g/mol. The number of carbonyl (C=O) groups is 1. The molecule has 0 spiro atoms. The second-order valence-electron chi connectivity index (χ2n) is 7.89. The third-order valence-electron chi connectivity index (χ3n) is 6.07. The maximum atomic E-state index is 12.3. The number of carbonyl (C=O) groups excluding carboxylic acids is 1. The van der Waals surface area contributed by atoms with Crippen LogP contribution in [0.15, 0.2) is 24.5 Å². The van der Waals surface area contributed by atoms with Crippen LogP contribution in [0.1, 0.15) is 25.7 Å². The van der Waals surface area contributed by atoms with Crippen LogP contribution in [-0.4, -0.2) is 61.3 Å². The zero-order valence-corrected chi connectivity index (χ0v) is 15.3. The summed E-state index contributed by atoms with van der Waals surface area (Å²) in [5.74, 6) is 1.89. The Balaban J connectivity index is 1.25. The van der Waals surface area contributed by atoms with E-state index in [4.69, 9.17) is 9.47 Å². The molecule has 3 fully saturated rings. The lowest BCUT2D eigenvalue weighted by Gasteiger charge is -2.38. The van der Waals surface area contributed by atoms with Crippen LogP contribution in [0.3, 0.4) is 0 Å². The number of pyridine rings is 1. The van der Waals surface area contributed by atoms with Crippen molar-refractivity contribution in [1.82, 2.24) is 9.88 Å². The first-order valence-corrected chi connectivity index (χ1v) is 9.89. The molecule has 26 heavy (non-hydrogen) atoms.